The number of nitro groups is 1. The summed E-state index contributed by atoms with van der Waals surface area (Å²) in [5.74, 6) is -1.24. The van der Waals surface area contributed by atoms with E-state index in [4.69, 9.17) is 10.5 Å². The maximum atomic E-state index is 13.7. The summed E-state index contributed by atoms with van der Waals surface area (Å²) in [6.45, 7) is 1.77. The first-order valence-electron chi connectivity index (χ1n) is 5.81. The number of nitrogens with two attached hydrogens (primary N) is 1. The Balaban J connectivity index is 2.40. The smallest absolute Gasteiger partial charge is 0.314 e. The van der Waals surface area contributed by atoms with Gasteiger partial charge >= 0.3 is 5.69 Å². The van der Waals surface area contributed by atoms with Gasteiger partial charge in [0.05, 0.1) is 4.92 Å². The van der Waals surface area contributed by atoms with Crippen LogP contribution in [0.5, 0.6) is 11.6 Å². The number of hydrogen-bond acceptors (Lipinski definition) is 5. The van der Waals surface area contributed by atoms with Crippen molar-refractivity contribution in [1.82, 2.24) is 4.98 Å². The number of halogens is 1. The minimum absolute atomic E-state index is 0.0491. The molecule has 0 aliphatic carbocycles. The van der Waals surface area contributed by atoms with Crippen molar-refractivity contribution in [2.24, 2.45) is 5.73 Å². The van der Waals surface area contributed by atoms with Crippen LogP contribution in [0.3, 0.4) is 0 Å². The van der Waals surface area contributed by atoms with Gasteiger partial charge in [-0.25, -0.2) is 9.37 Å². The monoisotopic (exact) mass is 277 g/mol. The summed E-state index contributed by atoms with van der Waals surface area (Å²) in [7, 11) is 0. The van der Waals surface area contributed by atoms with Crippen LogP contribution in [0.25, 0.3) is 0 Å². The predicted octanol–water partition coefficient (Wildman–Crippen LogP) is 2.94. The first-order valence-corrected chi connectivity index (χ1v) is 5.81. The molecule has 2 aromatic rings. The number of aromatic nitrogens is 1. The van der Waals surface area contributed by atoms with Crippen molar-refractivity contribution in [2.75, 3.05) is 0 Å². The van der Waals surface area contributed by atoms with Crippen LogP contribution in [0.1, 0.15) is 18.5 Å². The lowest BCUT2D eigenvalue weighted by atomic mass is 10.1. The molecule has 6 nitrogen and oxygen atoms in total. The number of para-hydroxylation sites is 1. The Labute approximate surface area is 114 Å². The van der Waals surface area contributed by atoms with E-state index in [1.165, 1.54) is 18.3 Å². The second-order valence-corrected chi connectivity index (χ2v) is 4.16. The first-order chi connectivity index (χ1) is 9.49. The first kappa shape index (κ1) is 13.9. The molecule has 0 saturated heterocycles. The summed E-state index contributed by atoms with van der Waals surface area (Å²) in [6, 6.07) is 6.43. The second kappa shape index (κ2) is 5.62. The lowest BCUT2D eigenvalue weighted by Crippen LogP contribution is -2.05. The molecule has 1 aromatic carbocycles. The molecule has 1 unspecified atom stereocenters. The van der Waals surface area contributed by atoms with Gasteiger partial charge in [-0.15, -0.1) is 0 Å². The molecular weight excluding hydrogens is 265 g/mol. The molecule has 2 N–H and O–H groups in total. The SMILES string of the molecule is CC(N)c1ccnc(Oc2c(F)cccc2[N+](=O)[O-])c1. The molecule has 20 heavy (non-hydrogen) atoms. The van der Waals surface area contributed by atoms with E-state index in [1.807, 2.05) is 0 Å². The average Bonchev–Trinajstić information content (AvgIpc) is 2.41. The summed E-state index contributed by atoms with van der Waals surface area (Å²) < 4.78 is 18.9. The maximum absolute atomic E-state index is 13.7. The van der Waals surface area contributed by atoms with Gasteiger partial charge in [-0.2, -0.15) is 0 Å². The summed E-state index contributed by atoms with van der Waals surface area (Å²) in [4.78, 5) is 14.0. The van der Waals surface area contributed by atoms with Crippen molar-refractivity contribution in [2.45, 2.75) is 13.0 Å². The number of ether oxygens (including phenoxy) is 1. The molecule has 1 atom stereocenters. The molecule has 0 fully saturated rings. The van der Waals surface area contributed by atoms with Gasteiger partial charge in [0.1, 0.15) is 0 Å². The van der Waals surface area contributed by atoms with Crippen LogP contribution in [0.4, 0.5) is 10.1 Å². The number of hydrogen-bond donors (Lipinski definition) is 1. The molecule has 0 aliphatic rings. The molecule has 0 saturated carbocycles. The molecule has 0 bridgehead atoms. The fourth-order valence-corrected chi connectivity index (χ4v) is 1.61. The molecule has 7 heteroatoms. The summed E-state index contributed by atoms with van der Waals surface area (Å²) >= 11 is 0. The van der Waals surface area contributed by atoms with Crippen LogP contribution in [-0.2, 0) is 0 Å². The van der Waals surface area contributed by atoms with Crippen LogP contribution in [0.2, 0.25) is 0 Å². The van der Waals surface area contributed by atoms with Gasteiger partial charge < -0.3 is 10.5 Å². The van der Waals surface area contributed by atoms with Gasteiger partial charge in [0.15, 0.2) is 5.82 Å². The minimum atomic E-state index is -0.827. The predicted molar refractivity (Wildman–Crippen MR) is 70.0 cm³/mol. The fraction of sp³-hybridized carbons (Fsp3) is 0.154. The molecular formula is C13H12FN3O3. The molecule has 0 spiro atoms. The lowest BCUT2D eigenvalue weighted by molar-refractivity contribution is -0.385. The van der Waals surface area contributed by atoms with Crippen molar-refractivity contribution >= 4 is 5.69 Å². The topological polar surface area (TPSA) is 91.3 Å². The highest BCUT2D eigenvalue weighted by atomic mass is 19.1. The van der Waals surface area contributed by atoms with E-state index in [0.29, 0.717) is 0 Å². The standard InChI is InChI=1S/C13H12FN3O3/c1-8(15)9-5-6-16-12(7-9)20-13-10(14)3-2-4-11(13)17(18)19/h2-8H,15H2,1H3. The number of nitrogens with zero attached hydrogens (tertiary/aromatic N) is 2. The van der Waals surface area contributed by atoms with Crippen molar-refractivity contribution in [3.8, 4) is 11.6 Å². The molecule has 0 amide bonds. The Kier molecular flexibility index (Phi) is 3.90. The molecule has 1 heterocycles. The third-order valence-electron chi connectivity index (χ3n) is 2.63. The van der Waals surface area contributed by atoms with Gasteiger partial charge in [-0.05, 0) is 24.6 Å². The molecule has 0 aliphatic heterocycles. The van der Waals surface area contributed by atoms with E-state index in [2.05, 4.69) is 4.98 Å². The number of rotatable bonds is 4. The highest BCUT2D eigenvalue weighted by Gasteiger charge is 2.20. The Morgan fingerprint density at radius 3 is 2.85 bits per heavy atom. The zero-order chi connectivity index (χ0) is 14.7. The van der Waals surface area contributed by atoms with Gasteiger partial charge in [-0.1, -0.05) is 6.07 Å². The molecule has 2 rings (SSSR count). The van der Waals surface area contributed by atoms with Crippen LogP contribution in [-0.4, -0.2) is 9.91 Å². The zero-order valence-electron chi connectivity index (χ0n) is 10.6. The van der Waals surface area contributed by atoms with Gasteiger partial charge in [0.2, 0.25) is 11.6 Å². The van der Waals surface area contributed by atoms with E-state index in [1.54, 1.807) is 13.0 Å². The molecule has 0 radical (unpaired) electrons. The largest absolute Gasteiger partial charge is 0.429 e. The Bertz CT molecular complexity index is 647. The van der Waals surface area contributed by atoms with E-state index in [-0.39, 0.29) is 11.9 Å². The molecule has 104 valence electrons. The quantitative estimate of drug-likeness (QED) is 0.685. The second-order valence-electron chi connectivity index (χ2n) is 4.16. The normalized spacial score (nSPS) is 11.9. The zero-order valence-corrected chi connectivity index (χ0v) is 10.6. The summed E-state index contributed by atoms with van der Waals surface area (Å²) in [5, 5.41) is 10.9. The van der Waals surface area contributed by atoms with Crippen LogP contribution >= 0.6 is 0 Å². The van der Waals surface area contributed by atoms with Crippen molar-refractivity contribution in [1.29, 1.82) is 0 Å². The summed E-state index contributed by atoms with van der Waals surface area (Å²) in [6.07, 6.45) is 1.45. The van der Waals surface area contributed by atoms with Gasteiger partial charge in [0, 0.05) is 24.4 Å². The fourth-order valence-electron chi connectivity index (χ4n) is 1.61. The van der Waals surface area contributed by atoms with Crippen molar-refractivity contribution in [3.63, 3.8) is 0 Å². The summed E-state index contributed by atoms with van der Waals surface area (Å²) in [5.41, 5.74) is 5.99. The third-order valence-corrected chi connectivity index (χ3v) is 2.63. The van der Waals surface area contributed by atoms with Gasteiger partial charge in [-0.3, -0.25) is 10.1 Å². The van der Waals surface area contributed by atoms with E-state index < -0.39 is 22.2 Å². The van der Waals surface area contributed by atoms with Crippen molar-refractivity contribution < 1.29 is 14.1 Å². The van der Waals surface area contributed by atoms with E-state index in [9.17, 15) is 14.5 Å². The highest BCUT2D eigenvalue weighted by molar-refractivity contribution is 5.48. The molecule has 1 aromatic heterocycles. The van der Waals surface area contributed by atoms with Crippen LogP contribution < -0.4 is 10.5 Å². The highest BCUT2D eigenvalue weighted by Crippen LogP contribution is 2.33. The maximum Gasteiger partial charge on any atom is 0.314 e. The van der Waals surface area contributed by atoms with E-state index in [0.717, 1.165) is 17.7 Å². The third kappa shape index (κ3) is 2.89. The number of nitro benzene ring substituents is 1. The Morgan fingerprint density at radius 2 is 2.20 bits per heavy atom. The number of benzene rings is 1. The Hall–Kier alpha value is -2.54. The van der Waals surface area contributed by atoms with Crippen molar-refractivity contribution in [3.05, 3.63) is 58.0 Å². The van der Waals surface area contributed by atoms with E-state index >= 15 is 0 Å². The Morgan fingerprint density at radius 1 is 1.45 bits per heavy atom. The number of pyridine rings is 1. The van der Waals surface area contributed by atoms with Crippen LogP contribution in [0, 0.1) is 15.9 Å². The minimum Gasteiger partial charge on any atom is -0.429 e. The van der Waals surface area contributed by atoms with Crippen LogP contribution in [0.15, 0.2) is 36.5 Å². The van der Waals surface area contributed by atoms with Gasteiger partial charge in [0.25, 0.3) is 0 Å². The lowest BCUT2D eigenvalue weighted by Gasteiger charge is -2.09. The average molecular weight is 277 g/mol.